The number of benzene rings is 1. The van der Waals surface area contributed by atoms with Crippen molar-refractivity contribution >= 4 is 18.3 Å². The molecular weight excluding hydrogens is 260 g/mol. The smallest absolute Gasteiger partial charge is 0.233 e. The minimum absolute atomic E-state index is 0. The van der Waals surface area contributed by atoms with Crippen LogP contribution in [-0.4, -0.2) is 37.0 Å². The minimum Gasteiger partial charge on any atom is -0.341 e. The largest absolute Gasteiger partial charge is 0.341 e. The van der Waals surface area contributed by atoms with E-state index in [2.05, 4.69) is 17.4 Å². The monoisotopic (exact) mass is 280 g/mol. The van der Waals surface area contributed by atoms with Crippen LogP contribution in [0, 0.1) is 0 Å². The summed E-state index contributed by atoms with van der Waals surface area (Å²) in [5, 5.41) is 3.33. The lowest BCUT2D eigenvalue weighted by Gasteiger charge is -2.28. The number of nitrogens with one attached hydrogen (secondary N) is 1. The Bertz CT molecular complexity index is 439. The lowest BCUT2D eigenvalue weighted by molar-refractivity contribution is -0.134. The van der Waals surface area contributed by atoms with Crippen molar-refractivity contribution in [2.45, 2.75) is 30.7 Å². The van der Waals surface area contributed by atoms with Gasteiger partial charge >= 0.3 is 0 Å². The van der Waals surface area contributed by atoms with Crippen molar-refractivity contribution in [2.24, 2.45) is 0 Å². The van der Waals surface area contributed by atoms with Crippen molar-refractivity contribution in [1.82, 2.24) is 10.2 Å². The molecule has 0 aromatic heterocycles. The van der Waals surface area contributed by atoms with E-state index in [1.54, 1.807) is 0 Å². The molecule has 1 saturated heterocycles. The van der Waals surface area contributed by atoms with Crippen LogP contribution in [0.3, 0.4) is 0 Å². The fraction of sp³-hybridized carbons (Fsp3) is 0.533. The van der Waals surface area contributed by atoms with Crippen molar-refractivity contribution in [1.29, 1.82) is 0 Å². The Morgan fingerprint density at radius 3 is 2.53 bits per heavy atom. The van der Waals surface area contributed by atoms with Crippen molar-refractivity contribution in [3.63, 3.8) is 0 Å². The average Bonchev–Trinajstić information content (AvgIpc) is 3.05. The molecule has 104 valence electrons. The highest BCUT2D eigenvalue weighted by Crippen LogP contribution is 2.49. The van der Waals surface area contributed by atoms with Crippen molar-refractivity contribution < 1.29 is 4.79 Å². The molecule has 4 heteroatoms. The van der Waals surface area contributed by atoms with Gasteiger partial charge in [0, 0.05) is 19.6 Å². The summed E-state index contributed by atoms with van der Waals surface area (Å²) in [7, 11) is 1.96. The summed E-state index contributed by atoms with van der Waals surface area (Å²) in [4.78, 5) is 14.7. The molecule has 1 saturated carbocycles. The molecule has 1 heterocycles. The highest BCUT2D eigenvalue weighted by atomic mass is 35.5. The van der Waals surface area contributed by atoms with Gasteiger partial charge in [0.1, 0.15) is 0 Å². The van der Waals surface area contributed by atoms with Crippen molar-refractivity contribution in [2.75, 3.05) is 20.1 Å². The van der Waals surface area contributed by atoms with Crippen LogP contribution in [0.15, 0.2) is 30.3 Å². The topological polar surface area (TPSA) is 32.3 Å². The number of rotatable bonds is 3. The maximum absolute atomic E-state index is 12.7. The molecule has 0 bridgehead atoms. The molecule has 1 aromatic rings. The van der Waals surface area contributed by atoms with Gasteiger partial charge in [0.05, 0.1) is 5.41 Å². The lowest BCUT2D eigenvalue weighted by atomic mass is 9.94. The second-order valence-corrected chi connectivity index (χ2v) is 5.51. The average molecular weight is 281 g/mol. The van der Waals surface area contributed by atoms with E-state index in [0.29, 0.717) is 11.9 Å². The first-order valence-corrected chi connectivity index (χ1v) is 6.77. The predicted molar refractivity (Wildman–Crippen MR) is 78.6 cm³/mol. The van der Waals surface area contributed by atoms with Crippen molar-refractivity contribution in [3.8, 4) is 0 Å². The molecule has 0 spiro atoms. The number of hydrogen-bond donors (Lipinski definition) is 1. The molecule has 1 atom stereocenters. The molecule has 3 nitrogen and oxygen atoms in total. The predicted octanol–water partition coefficient (Wildman–Crippen LogP) is 1.96. The normalized spacial score (nSPS) is 23.5. The molecule has 1 amide bonds. The molecule has 1 aliphatic carbocycles. The number of nitrogens with zero attached hydrogens (tertiary/aromatic N) is 1. The van der Waals surface area contributed by atoms with Crippen LogP contribution in [0.25, 0.3) is 0 Å². The van der Waals surface area contributed by atoms with Crippen molar-refractivity contribution in [3.05, 3.63) is 35.9 Å². The van der Waals surface area contributed by atoms with Gasteiger partial charge < -0.3 is 10.2 Å². The van der Waals surface area contributed by atoms with Gasteiger partial charge in [0.15, 0.2) is 0 Å². The number of carbonyl (C=O) groups excluding carboxylic acids is 1. The Morgan fingerprint density at radius 1 is 1.32 bits per heavy atom. The van der Waals surface area contributed by atoms with E-state index in [4.69, 9.17) is 0 Å². The van der Waals surface area contributed by atoms with E-state index < -0.39 is 0 Å². The highest BCUT2D eigenvalue weighted by molar-refractivity contribution is 5.91. The van der Waals surface area contributed by atoms with Gasteiger partial charge in [-0.1, -0.05) is 30.3 Å². The fourth-order valence-electron chi connectivity index (χ4n) is 2.98. The van der Waals surface area contributed by atoms with Crippen LogP contribution in [0.2, 0.25) is 0 Å². The summed E-state index contributed by atoms with van der Waals surface area (Å²) >= 11 is 0. The fourth-order valence-corrected chi connectivity index (χ4v) is 2.98. The summed E-state index contributed by atoms with van der Waals surface area (Å²) in [5.74, 6) is 0.308. The summed E-state index contributed by atoms with van der Waals surface area (Å²) in [6.45, 7) is 1.97. The highest BCUT2D eigenvalue weighted by Gasteiger charge is 2.53. The number of carbonyl (C=O) groups is 1. The lowest BCUT2D eigenvalue weighted by Crippen LogP contribution is -2.44. The van der Waals surface area contributed by atoms with Crippen LogP contribution in [0.1, 0.15) is 24.8 Å². The van der Waals surface area contributed by atoms with Gasteiger partial charge in [-0.2, -0.15) is 0 Å². The van der Waals surface area contributed by atoms with E-state index >= 15 is 0 Å². The van der Waals surface area contributed by atoms with Gasteiger partial charge in [-0.25, -0.2) is 0 Å². The number of hydrogen-bond acceptors (Lipinski definition) is 2. The van der Waals surface area contributed by atoms with E-state index in [1.165, 1.54) is 5.56 Å². The standard InChI is InChI=1S/C15H20N2O.ClH/c1-17(13-7-10-16-11-13)14(18)15(8-9-15)12-5-3-2-4-6-12;/h2-6,13,16H,7-11H2,1H3;1H. The number of likely N-dealkylation sites (N-methyl/N-ethyl adjacent to an activating group) is 1. The quantitative estimate of drug-likeness (QED) is 0.918. The second kappa shape index (κ2) is 5.51. The summed E-state index contributed by atoms with van der Waals surface area (Å²) < 4.78 is 0. The van der Waals surface area contributed by atoms with Crippen LogP contribution < -0.4 is 5.32 Å². The van der Waals surface area contributed by atoms with Gasteiger partial charge in [0.2, 0.25) is 5.91 Å². The van der Waals surface area contributed by atoms with Gasteiger partial charge in [0.25, 0.3) is 0 Å². The molecule has 1 N–H and O–H groups in total. The summed E-state index contributed by atoms with van der Waals surface area (Å²) in [6.07, 6.45) is 3.08. The van der Waals surface area contributed by atoms with Crippen LogP contribution >= 0.6 is 12.4 Å². The first-order valence-electron chi connectivity index (χ1n) is 6.77. The third-order valence-electron chi connectivity index (χ3n) is 4.39. The number of halogens is 1. The molecule has 0 radical (unpaired) electrons. The zero-order chi connectivity index (χ0) is 12.6. The van der Waals surface area contributed by atoms with Crippen LogP contribution in [0.4, 0.5) is 0 Å². The molecule has 1 unspecified atom stereocenters. The van der Waals surface area contributed by atoms with E-state index in [-0.39, 0.29) is 17.8 Å². The Labute approximate surface area is 120 Å². The summed E-state index contributed by atoms with van der Waals surface area (Å²) in [5.41, 5.74) is 0.978. The van der Waals surface area contributed by atoms with Gasteiger partial charge in [-0.15, -0.1) is 12.4 Å². The SMILES string of the molecule is CN(C(=O)C1(c2ccccc2)CC1)C1CCNC1.Cl. The molecule has 3 rings (SSSR count). The Morgan fingerprint density at radius 2 is 2.00 bits per heavy atom. The third-order valence-corrected chi connectivity index (χ3v) is 4.39. The van der Waals surface area contributed by atoms with Crippen LogP contribution in [-0.2, 0) is 10.2 Å². The van der Waals surface area contributed by atoms with E-state index in [1.807, 2.05) is 30.1 Å². The molecule has 19 heavy (non-hydrogen) atoms. The Hall–Kier alpha value is -1.06. The third kappa shape index (κ3) is 2.49. The molecular formula is C15H21ClN2O. The first-order chi connectivity index (χ1) is 8.74. The van der Waals surface area contributed by atoms with E-state index in [9.17, 15) is 4.79 Å². The van der Waals surface area contributed by atoms with Gasteiger partial charge in [-0.05, 0) is 31.4 Å². The zero-order valence-corrected chi connectivity index (χ0v) is 12.1. The second-order valence-electron chi connectivity index (χ2n) is 5.51. The minimum atomic E-state index is -0.210. The zero-order valence-electron chi connectivity index (χ0n) is 11.3. The molecule has 1 aliphatic heterocycles. The number of amides is 1. The molecule has 2 fully saturated rings. The molecule has 2 aliphatic rings. The maximum Gasteiger partial charge on any atom is 0.233 e. The van der Waals surface area contributed by atoms with Gasteiger partial charge in [-0.3, -0.25) is 4.79 Å². The van der Waals surface area contributed by atoms with Crippen LogP contribution in [0.5, 0.6) is 0 Å². The Kier molecular flexibility index (Phi) is 4.16. The summed E-state index contributed by atoms with van der Waals surface area (Å²) in [6, 6.07) is 10.6. The first kappa shape index (κ1) is 14.4. The maximum atomic E-state index is 12.7. The van der Waals surface area contributed by atoms with E-state index in [0.717, 1.165) is 32.4 Å². The Balaban J connectivity index is 0.00000133. The molecule has 1 aromatic carbocycles.